The molecule has 0 radical (unpaired) electrons. The lowest BCUT2D eigenvalue weighted by atomic mass is 10.0. The van der Waals surface area contributed by atoms with Crippen molar-refractivity contribution in [2.75, 3.05) is 13.1 Å². The third-order valence-corrected chi connectivity index (χ3v) is 5.32. The van der Waals surface area contributed by atoms with E-state index in [1.807, 2.05) is 0 Å². The van der Waals surface area contributed by atoms with Crippen LogP contribution < -0.4 is 5.32 Å². The Hall–Kier alpha value is -3.70. The first-order valence-electron chi connectivity index (χ1n) is 10.1. The van der Waals surface area contributed by atoms with Crippen molar-refractivity contribution in [3.63, 3.8) is 0 Å². The third kappa shape index (κ3) is 5.38. The maximum absolute atomic E-state index is 13.5. The SMILES string of the molecule is O=C(NC1CCN(C(=O)OCc2cc(F)cc(C(F)(F)F)c2)CC1)c1ccc2[nH]nnc2c1. The Bertz CT molecular complexity index is 1170. The van der Waals surface area contributed by atoms with Crippen molar-refractivity contribution >= 4 is 23.0 Å². The Balaban J connectivity index is 1.27. The molecule has 0 spiro atoms. The van der Waals surface area contributed by atoms with Gasteiger partial charge in [-0.15, -0.1) is 5.10 Å². The fourth-order valence-corrected chi connectivity index (χ4v) is 3.59. The van der Waals surface area contributed by atoms with Gasteiger partial charge in [0.1, 0.15) is 17.9 Å². The first-order valence-corrected chi connectivity index (χ1v) is 10.1. The fraction of sp³-hybridized carbons (Fsp3) is 0.333. The van der Waals surface area contributed by atoms with Gasteiger partial charge < -0.3 is 15.0 Å². The van der Waals surface area contributed by atoms with Crippen molar-refractivity contribution in [2.24, 2.45) is 0 Å². The van der Waals surface area contributed by atoms with E-state index in [2.05, 4.69) is 20.7 Å². The largest absolute Gasteiger partial charge is 0.445 e. The van der Waals surface area contributed by atoms with Crippen LogP contribution in [-0.2, 0) is 17.5 Å². The monoisotopic (exact) mass is 465 g/mol. The number of benzene rings is 2. The molecule has 3 aromatic rings. The quantitative estimate of drug-likeness (QED) is 0.573. The summed E-state index contributed by atoms with van der Waals surface area (Å²) in [5.74, 6) is -1.33. The molecule has 1 saturated heterocycles. The first-order chi connectivity index (χ1) is 15.7. The number of ether oxygens (including phenoxy) is 1. The van der Waals surface area contributed by atoms with Crippen molar-refractivity contribution < 1.29 is 31.9 Å². The highest BCUT2D eigenvalue weighted by Gasteiger charge is 2.31. The number of halogens is 4. The number of piperidine rings is 1. The van der Waals surface area contributed by atoms with Gasteiger partial charge in [-0.2, -0.15) is 13.2 Å². The van der Waals surface area contributed by atoms with Crippen LogP contribution in [-0.4, -0.2) is 51.4 Å². The molecular formula is C21H19F4N5O3. The van der Waals surface area contributed by atoms with Gasteiger partial charge >= 0.3 is 12.3 Å². The lowest BCUT2D eigenvalue weighted by molar-refractivity contribution is -0.137. The standard InChI is InChI=1S/C21H19F4N5O3/c22-15-8-12(7-14(10-15)21(23,24)25)11-33-20(32)30-5-3-16(4-6-30)26-19(31)13-1-2-17-18(9-13)28-29-27-17/h1-2,7-10,16H,3-6,11H2,(H,26,31)(H,27,28,29). The highest BCUT2D eigenvalue weighted by molar-refractivity contribution is 5.97. The van der Waals surface area contributed by atoms with Gasteiger partial charge in [0.25, 0.3) is 5.91 Å². The average molecular weight is 465 g/mol. The lowest BCUT2D eigenvalue weighted by Crippen LogP contribution is -2.46. The van der Waals surface area contributed by atoms with E-state index in [1.54, 1.807) is 18.2 Å². The van der Waals surface area contributed by atoms with E-state index >= 15 is 0 Å². The Kier molecular flexibility index (Phi) is 6.16. The molecular weight excluding hydrogens is 446 g/mol. The molecule has 174 valence electrons. The number of likely N-dealkylation sites (tertiary alicyclic amines) is 1. The summed E-state index contributed by atoms with van der Waals surface area (Å²) in [6.45, 7) is 0.104. The zero-order valence-corrected chi connectivity index (χ0v) is 17.2. The van der Waals surface area contributed by atoms with Gasteiger partial charge in [0.2, 0.25) is 0 Å². The average Bonchev–Trinajstić information content (AvgIpc) is 3.25. The highest BCUT2D eigenvalue weighted by Crippen LogP contribution is 2.30. The summed E-state index contributed by atoms with van der Waals surface area (Å²) in [5.41, 5.74) is 0.480. The van der Waals surface area contributed by atoms with E-state index in [-0.39, 0.29) is 17.5 Å². The lowest BCUT2D eigenvalue weighted by Gasteiger charge is -2.31. The summed E-state index contributed by atoms with van der Waals surface area (Å²) >= 11 is 0. The molecule has 2 heterocycles. The minimum atomic E-state index is -4.70. The molecule has 1 fully saturated rings. The Morgan fingerprint density at radius 2 is 1.91 bits per heavy atom. The van der Waals surface area contributed by atoms with Gasteiger partial charge in [0.05, 0.1) is 11.1 Å². The molecule has 33 heavy (non-hydrogen) atoms. The maximum Gasteiger partial charge on any atom is 0.416 e. The minimum Gasteiger partial charge on any atom is -0.445 e. The summed E-state index contributed by atoms with van der Waals surface area (Å²) in [4.78, 5) is 26.2. The van der Waals surface area contributed by atoms with Crippen LogP contribution in [0.2, 0.25) is 0 Å². The molecule has 1 aliphatic heterocycles. The van der Waals surface area contributed by atoms with E-state index in [0.29, 0.717) is 48.6 Å². The summed E-state index contributed by atoms with van der Waals surface area (Å²) in [6.07, 6.45) is -4.46. The van der Waals surface area contributed by atoms with Crippen LogP contribution in [0.25, 0.3) is 11.0 Å². The maximum atomic E-state index is 13.5. The number of hydrogen-bond acceptors (Lipinski definition) is 5. The van der Waals surface area contributed by atoms with Gasteiger partial charge in [-0.1, -0.05) is 5.21 Å². The molecule has 2 N–H and O–H groups in total. The number of alkyl halides is 3. The van der Waals surface area contributed by atoms with Gasteiger partial charge in [-0.3, -0.25) is 9.89 Å². The molecule has 12 heteroatoms. The molecule has 0 unspecified atom stereocenters. The molecule has 0 aliphatic carbocycles. The van der Waals surface area contributed by atoms with Crippen molar-refractivity contribution in [3.05, 3.63) is 58.9 Å². The zero-order chi connectivity index (χ0) is 23.6. The molecule has 1 aliphatic rings. The number of aromatic amines is 1. The van der Waals surface area contributed by atoms with E-state index in [1.165, 1.54) is 4.90 Å². The Labute approximate surface area is 184 Å². The summed E-state index contributed by atoms with van der Waals surface area (Å²) in [7, 11) is 0. The number of rotatable bonds is 4. The van der Waals surface area contributed by atoms with Crippen molar-refractivity contribution in [2.45, 2.75) is 31.7 Å². The molecule has 2 aromatic carbocycles. The number of fused-ring (bicyclic) bond motifs is 1. The third-order valence-electron chi connectivity index (χ3n) is 5.32. The highest BCUT2D eigenvalue weighted by atomic mass is 19.4. The van der Waals surface area contributed by atoms with Crippen LogP contribution in [0.1, 0.15) is 34.3 Å². The van der Waals surface area contributed by atoms with Crippen LogP contribution >= 0.6 is 0 Å². The predicted octanol–water partition coefficient (Wildman–Crippen LogP) is 3.65. The summed E-state index contributed by atoms with van der Waals surface area (Å²) < 4.78 is 57.0. The number of carbonyl (C=O) groups is 2. The normalized spacial score (nSPS) is 15.0. The summed E-state index contributed by atoms with van der Waals surface area (Å²) in [5, 5.41) is 13.2. The zero-order valence-electron chi connectivity index (χ0n) is 17.2. The minimum absolute atomic E-state index is 0.0955. The number of nitrogens with zero attached hydrogens (tertiary/aromatic N) is 3. The van der Waals surface area contributed by atoms with Crippen LogP contribution in [0.4, 0.5) is 22.4 Å². The number of H-pyrrole nitrogens is 1. The number of aromatic nitrogens is 3. The van der Waals surface area contributed by atoms with Crippen LogP contribution in [0.15, 0.2) is 36.4 Å². The molecule has 0 bridgehead atoms. The second kappa shape index (κ2) is 9.04. The Morgan fingerprint density at radius 3 is 2.64 bits per heavy atom. The van der Waals surface area contributed by atoms with Crippen molar-refractivity contribution in [1.29, 1.82) is 0 Å². The number of nitrogens with one attached hydrogen (secondary N) is 2. The second-order valence-electron chi connectivity index (χ2n) is 7.68. The van der Waals surface area contributed by atoms with E-state index in [9.17, 15) is 27.2 Å². The van der Waals surface area contributed by atoms with Crippen molar-refractivity contribution in [3.8, 4) is 0 Å². The molecule has 0 atom stereocenters. The summed E-state index contributed by atoms with van der Waals surface area (Å²) in [6, 6.07) is 6.84. The van der Waals surface area contributed by atoms with E-state index < -0.39 is 30.3 Å². The van der Waals surface area contributed by atoms with Gasteiger partial charge in [-0.25, -0.2) is 9.18 Å². The van der Waals surface area contributed by atoms with E-state index in [0.717, 1.165) is 12.1 Å². The molecule has 0 saturated carbocycles. The topological polar surface area (TPSA) is 100 Å². The first kappa shape index (κ1) is 22.5. The number of amides is 2. The molecule has 1 aromatic heterocycles. The van der Waals surface area contributed by atoms with Crippen molar-refractivity contribution in [1.82, 2.24) is 25.6 Å². The molecule has 8 nitrogen and oxygen atoms in total. The fourth-order valence-electron chi connectivity index (χ4n) is 3.59. The molecule has 4 rings (SSSR count). The predicted molar refractivity (Wildman–Crippen MR) is 108 cm³/mol. The van der Waals surface area contributed by atoms with Crippen LogP contribution in [0, 0.1) is 5.82 Å². The molecule has 2 amide bonds. The van der Waals surface area contributed by atoms with Gasteiger partial charge in [-0.05, 0) is 54.8 Å². The Morgan fingerprint density at radius 1 is 1.15 bits per heavy atom. The number of carbonyl (C=O) groups excluding carboxylic acids is 2. The smallest absolute Gasteiger partial charge is 0.416 e. The number of hydrogen-bond donors (Lipinski definition) is 2. The van der Waals surface area contributed by atoms with Gasteiger partial charge in [0, 0.05) is 24.7 Å². The van der Waals surface area contributed by atoms with E-state index in [4.69, 9.17) is 4.74 Å². The van der Waals surface area contributed by atoms with Crippen LogP contribution in [0.3, 0.4) is 0 Å². The second-order valence-corrected chi connectivity index (χ2v) is 7.68. The van der Waals surface area contributed by atoms with Crippen LogP contribution in [0.5, 0.6) is 0 Å². The van der Waals surface area contributed by atoms with Gasteiger partial charge in [0.15, 0.2) is 0 Å².